The number of aromatic nitrogens is 2. The van der Waals surface area contributed by atoms with Crippen LogP contribution in [0.15, 0.2) is 24.3 Å². The first-order valence-corrected chi connectivity index (χ1v) is 5.70. The maximum absolute atomic E-state index is 9.36. The van der Waals surface area contributed by atoms with Crippen LogP contribution in [0.1, 0.15) is 5.69 Å². The molecule has 1 aromatic heterocycles. The molecule has 0 bridgehead atoms. The van der Waals surface area contributed by atoms with Crippen LogP contribution >= 0.6 is 23.2 Å². The van der Waals surface area contributed by atoms with E-state index in [1.807, 2.05) is 0 Å². The quantitative estimate of drug-likeness (QED) is 0.834. The van der Waals surface area contributed by atoms with Crippen LogP contribution in [0.4, 0.5) is 0 Å². The van der Waals surface area contributed by atoms with E-state index < -0.39 is 0 Å². The van der Waals surface area contributed by atoms with E-state index in [1.165, 1.54) is 6.07 Å². The number of halogens is 2. The molecule has 2 rings (SSSR count). The summed E-state index contributed by atoms with van der Waals surface area (Å²) in [5, 5.41) is 17.6. The van der Waals surface area contributed by atoms with Gasteiger partial charge in [-0.1, -0.05) is 23.2 Å². The lowest BCUT2D eigenvalue weighted by molar-refractivity contribution is 0.156. The molecule has 1 heterocycles. The lowest BCUT2D eigenvalue weighted by atomic mass is 10.3. The van der Waals surface area contributed by atoms with Gasteiger partial charge < -0.3 is 9.94 Å². The van der Waals surface area contributed by atoms with Crippen molar-refractivity contribution in [1.29, 1.82) is 5.41 Å². The van der Waals surface area contributed by atoms with Gasteiger partial charge in [-0.3, -0.25) is 5.41 Å². The van der Waals surface area contributed by atoms with E-state index in [4.69, 9.17) is 33.3 Å². The fourth-order valence-electron chi connectivity index (χ4n) is 1.31. The van der Waals surface area contributed by atoms with E-state index in [2.05, 4.69) is 4.98 Å². The zero-order chi connectivity index (χ0) is 13.3. The van der Waals surface area contributed by atoms with Gasteiger partial charge in [0.05, 0.1) is 10.7 Å². The molecular weight excluding hydrogens is 277 g/mol. The molecule has 2 N–H and O–H groups in total. The van der Waals surface area contributed by atoms with Crippen molar-refractivity contribution in [2.24, 2.45) is 0 Å². The van der Waals surface area contributed by atoms with Gasteiger partial charge >= 0.3 is 0 Å². The molecule has 94 valence electrons. The second-order valence-corrected chi connectivity index (χ2v) is 4.39. The second-order valence-electron chi connectivity index (χ2n) is 3.55. The van der Waals surface area contributed by atoms with Crippen LogP contribution in [0.2, 0.25) is 10.0 Å². The van der Waals surface area contributed by atoms with Gasteiger partial charge in [0, 0.05) is 11.1 Å². The smallest absolute Gasteiger partial charge is 0.258 e. The number of hydrogen-bond acceptors (Lipinski definition) is 4. The predicted octanol–water partition coefficient (Wildman–Crippen LogP) is 3.01. The molecule has 1 aromatic carbocycles. The largest absolute Gasteiger partial charge is 0.437 e. The van der Waals surface area contributed by atoms with E-state index in [-0.39, 0.29) is 11.5 Å². The minimum atomic E-state index is -0.324. The van der Waals surface area contributed by atoms with Crippen molar-refractivity contribution < 1.29 is 9.94 Å². The predicted molar refractivity (Wildman–Crippen MR) is 66.5 cm³/mol. The standard InChI is InChI=1S/C11H9Cl2N3O2/c1-6-4-10(15-11(14)16(6)17)18-9-3-2-7(12)5-8(9)13/h2-5,14,17H,1H3. The third-order valence-corrected chi connectivity index (χ3v) is 2.72. The maximum atomic E-state index is 9.36. The summed E-state index contributed by atoms with van der Waals surface area (Å²) in [7, 11) is 0. The highest BCUT2D eigenvalue weighted by molar-refractivity contribution is 6.35. The summed E-state index contributed by atoms with van der Waals surface area (Å²) in [6.45, 7) is 1.62. The number of benzene rings is 1. The summed E-state index contributed by atoms with van der Waals surface area (Å²) >= 11 is 11.7. The number of nitrogens with one attached hydrogen (secondary N) is 1. The van der Waals surface area contributed by atoms with Crippen molar-refractivity contribution >= 4 is 23.2 Å². The normalized spacial score (nSPS) is 10.4. The molecule has 0 aliphatic rings. The third kappa shape index (κ3) is 2.57. The Hall–Kier alpha value is -1.72. The van der Waals surface area contributed by atoms with Gasteiger partial charge in [0.1, 0.15) is 5.75 Å². The zero-order valence-electron chi connectivity index (χ0n) is 9.32. The summed E-state index contributed by atoms with van der Waals surface area (Å²) in [6.07, 6.45) is 0. The fraction of sp³-hybridized carbons (Fsp3) is 0.0909. The second kappa shape index (κ2) is 4.88. The van der Waals surface area contributed by atoms with Gasteiger partial charge in [0.15, 0.2) is 0 Å². The van der Waals surface area contributed by atoms with Crippen LogP contribution in [0.5, 0.6) is 11.6 Å². The maximum Gasteiger partial charge on any atom is 0.258 e. The zero-order valence-corrected chi connectivity index (χ0v) is 10.8. The summed E-state index contributed by atoms with van der Waals surface area (Å²) in [5.74, 6) is 0.551. The molecule has 0 fully saturated rings. The molecular formula is C11H9Cl2N3O2. The Morgan fingerprint density at radius 1 is 1.33 bits per heavy atom. The van der Waals surface area contributed by atoms with Crippen molar-refractivity contribution in [2.45, 2.75) is 6.92 Å². The lowest BCUT2D eigenvalue weighted by Crippen LogP contribution is -2.23. The Kier molecular flexibility index (Phi) is 3.45. The number of ether oxygens (including phenoxy) is 1. The van der Waals surface area contributed by atoms with Gasteiger partial charge in [-0.25, -0.2) is 0 Å². The molecule has 0 amide bonds. The van der Waals surface area contributed by atoms with E-state index >= 15 is 0 Å². The summed E-state index contributed by atoms with van der Waals surface area (Å²) in [5.41, 5.74) is 0.102. The first-order chi connectivity index (χ1) is 8.47. The lowest BCUT2D eigenvalue weighted by Gasteiger charge is -2.08. The Morgan fingerprint density at radius 3 is 2.67 bits per heavy atom. The van der Waals surface area contributed by atoms with Crippen LogP contribution in [0.25, 0.3) is 0 Å². The molecule has 7 heteroatoms. The molecule has 2 aromatic rings. The number of nitrogens with zero attached hydrogens (tertiary/aromatic N) is 2. The van der Waals surface area contributed by atoms with Gasteiger partial charge in [0.25, 0.3) is 5.62 Å². The van der Waals surface area contributed by atoms with Crippen LogP contribution in [-0.2, 0) is 0 Å². The molecule has 0 saturated heterocycles. The molecule has 0 spiro atoms. The molecule has 5 nitrogen and oxygen atoms in total. The molecule has 0 unspecified atom stereocenters. The van der Waals surface area contributed by atoms with Crippen molar-refractivity contribution in [3.05, 3.63) is 45.6 Å². The fourth-order valence-corrected chi connectivity index (χ4v) is 1.76. The molecule has 0 aliphatic heterocycles. The number of hydrogen-bond donors (Lipinski definition) is 2. The molecule has 0 radical (unpaired) electrons. The van der Waals surface area contributed by atoms with Gasteiger partial charge in [-0.05, 0) is 25.1 Å². The first kappa shape index (κ1) is 12.7. The number of rotatable bonds is 2. The Bertz CT molecular complexity index is 655. The Morgan fingerprint density at radius 2 is 2.06 bits per heavy atom. The van der Waals surface area contributed by atoms with Crippen molar-refractivity contribution in [3.8, 4) is 11.6 Å². The molecule has 0 aliphatic carbocycles. The van der Waals surface area contributed by atoms with Crippen LogP contribution in [0, 0.1) is 12.3 Å². The topological polar surface area (TPSA) is 71.1 Å². The Balaban J connectivity index is 2.37. The average molecular weight is 286 g/mol. The highest BCUT2D eigenvalue weighted by Gasteiger charge is 2.07. The summed E-state index contributed by atoms with van der Waals surface area (Å²) in [6, 6.07) is 6.27. The Labute approximate surface area is 113 Å². The molecule has 18 heavy (non-hydrogen) atoms. The summed E-state index contributed by atoms with van der Waals surface area (Å²) < 4.78 is 6.08. The van der Waals surface area contributed by atoms with Gasteiger partial charge in [-0.15, -0.1) is 0 Å². The van der Waals surface area contributed by atoms with Crippen molar-refractivity contribution in [2.75, 3.05) is 0 Å². The monoisotopic (exact) mass is 285 g/mol. The van der Waals surface area contributed by atoms with E-state index in [0.29, 0.717) is 26.2 Å². The van der Waals surface area contributed by atoms with E-state index in [9.17, 15) is 5.21 Å². The molecule has 0 atom stereocenters. The SMILES string of the molecule is Cc1cc(Oc2ccc(Cl)cc2Cl)nc(=N)n1O. The van der Waals surface area contributed by atoms with Crippen molar-refractivity contribution in [1.82, 2.24) is 9.71 Å². The third-order valence-electron chi connectivity index (χ3n) is 2.19. The van der Waals surface area contributed by atoms with Crippen LogP contribution in [0.3, 0.4) is 0 Å². The number of aryl methyl sites for hydroxylation is 1. The van der Waals surface area contributed by atoms with Crippen molar-refractivity contribution in [3.63, 3.8) is 0 Å². The van der Waals surface area contributed by atoms with E-state index in [0.717, 1.165) is 0 Å². The minimum Gasteiger partial charge on any atom is -0.437 e. The highest BCUT2D eigenvalue weighted by Crippen LogP contribution is 2.30. The first-order valence-electron chi connectivity index (χ1n) is 4.95. The highest BCUT2D eigenvalue weighted by atomic mass is 35.5. The average Bonchev–Trinajstić information content (AvgIpc) is 2.29. The van der Waals surface area contributed by atoms with Gasteiger partial charge in [0.2, 0.25) is 5.88 Å². The summed E-state index contributed by atoms with van der Waals surface area (Å²) in [4.78, 5) is 3.76. The molecule has 0 saturated carbocycles. The van der Waals surface area contributed by atoms with Gasteiger partial charge in [-0.2, -0.15) is 9.71 Å². The van der Waals surface area contributed by atoms with Crippen LogP contribution in [-0.4, -0.2) is 14.9 Å². The van der Waals surface area contributed by atoms with E-state index in [1.54, 1.807) is 25.1 Å². The van der Waals surface area contributed by atoms with Crippen LogP contribution < -0.4 is 10.4 Å². The minimum absolute atomic E-state index is 0.173.